The highest BCUT2D eigenvalue weighted by atomic mass is 28.2. The molecular weight excluding hydrogens is 170 g/mol. The Bertz CT molecular complexity index is 88.5. The number of rotatable bonds is 5. The zero-order chi connectivity index (χ0) is 8.04. The summed E-state index contributed by atoms with van der Waals surface area (Å²) in [6, 6.07) is 0. The first kappa shape index (κ1) is 13.9. The lowest BCUT2D eigenvalue weighted by molar-refractivity contribution is 0.110. The maximum Gasteiger partial charge on any atom is 0.146 e. The van der Waals surface area contributed by atoms with Gasteiger partial charge >= 0.3 is 0 Å². The van der Waals surface area contributed by atoms with E-state index in [1.54, 1.807) is 0 Å². The van der Waals surface area contributed by atoms with E-state index >= 15 is 0 Å². The first-order chi connectivity index (χ1) is 4.62. The minimum atomic E-state index is 0. The van der Waals surface area contributed by atoms with E-state index in [0.717, 1.165) is 29.9 Å². The molecule has 0 radical (unpaired) electrons. The Kier molecular flexibility index (Phi) is 8.89. The van der Waals surface area contributed by atoms with Crippen LogP contribution < -0.4 is 5.73 Å². The third-order valence-corrected chi connectivity index (χ3v) is 2.89. The maximum absolute atomic E-state index is 5.38. The molecule has 0 rings (SSSR count). The summed E-state index contributed by atoms with van der Waals surface area (Å²) < 4.78 is 5.38. The summed E-state index contributed by atoms with van der Waals surface area (Å²) in [6.07, 6.45) is 3.44. The minimum Gasteiger partial charge on any atom is -0.423 e. The fourth-order valence-corrected chi connectivity index (χ4v) is 1.00. The second-order valence-corrected chi connectivity index (χ2v) is 3.62. The van der Waals surface area contributed by atoms with Gasteiger partial charge in [-0.25, -0.2) is 0 Å². The lowest BCUT2D eigenvalue weighted by Crippen LogP contribution is -2.23. The van der Waals surface area contributed by atoms with E-state index in [9.17, 15) is 0 Å². The molecule has 0 unspecified atom stereocenters. The Balaban J connectivity index is 0. The van der Waals surface area contributed by atoms with E-state index < -0.39 is 0 Å². The van der Waals surface area contributed by atoms with Gasteiger partial charge in [0.1, 0.15) is 10.5 Å². The second kappa shape index (κ2) is 7.03. The number of hydrogen-bond donors (Lipinski definition) is 1. The van der Waals surface area contributed by atoms with Gasteiger partial charge in [-0.2, -0.15) is 0 Å². The molecule has 0 aliphatic carbocycles. The van der Waals surface area contributed by atoms with Crippen molar-refractivity contribution in [2.75, 3.05) is 6.54 Å². The van der Waals surface area contributed by atoms with E-state index in [0.29, 0.717) is 0 Å². The quantitative estimate of drug-likeness (QED) is 0.437. The minimum absolute atomic E-state index is 0. The molecular formula is C7H23NOSi2. The first-order valence-electron chi connectivity index (χ1n) is 3.87. The SMILES string of the molecule is CC(C)(CCCCN)O[SiH3].[SiH4]. The number of unbranched alkanes of at least 4 members (excludes halogenated alkanes) is 1. The van der Waals surface area contributed by atoms with Gasteiger partial charge in [0.15, 0.2) is 0 Å². The predicted molar refractivity (Wildman–Crippen MR) is 59.3 cm³/mol. The Morgan fingerprint density at radius 2 is 1.91 bits per heavy atom. The van der Waals surface area contributed by atoms with Gasteiger partial charge in [0.25, 0.3) is 0 Å². The summed E-state index contributed by atoms with van der Waals surface area (Å²) in [4.78, 5) is 0. The standard InChI is InChI=1S/C7H19NOSi.H4Si/c1-7(2,9-10)5-3-4-6-8;/h3-6,8H2,1-2,10H3;1H4. The Labute approximate surface area is 77.5 Å². The summed E-state index contributed by atoms with van der Waals surface area (Å²) >= 11 is 0. The van der Waals surface area contributed by atoms with Crippen LogP contribution in [-0.4, -0.2) is 33.6 Å². The van der Waals surface area contributed by atoms with Crippen LogP contribution in [0, 0.1) is 0 Å². The Morgan fingerprint density at radius 1 is 1.36 bits per heavy atom. The predicted octanol–water partition coefficient (Wildman–Crippen LogP) is -1.26. The van der Waals surface area contributed by atoms with E-state index in [-0.39, 0.29) is 16.6 Å². The van der Waals surface area contributed by atoms with Crippen LogP contribution in [0.3, 0.4) is 0 Å². The molecule has 0 fully saturated rings. The van der Waals surface area contributed by atoms with Crippen LogP contribution in [0.1, 0.15) is 33.1 Å². The highest BCUT2D eigenvalue weighted by molar-refractivity contribution is 5.98. The van der Waals surface area contributed by atoms with Gasteiger partial charge in [0.05, 0.1) is 0 Å². The van der Waals surface area contributed by atoms with Crippen molar-refractivity contribution in [3.63, 3.8) is 0 Å². The van der Waals surface area contributed by atoms with Crippen LogP contribution in [0.4, 0.5) is 0 Å². The zero-order valence-corrected chi connectivity index (χ0v) is 9.31. The summed E-state index contributed by atoms with van der Waals surface area (Å²) in [5.74, 6) is 0. The molecule has 0 heterocycles. The van der Waals surface area contributed by atoms with Gasteiger partial charge < -0.3 is 10.2 Å². The molecule has 0 bridgehead atoms. The molecule has 2 N–H and O–H groups in total. The average Bonchev–Trinajstić information content (AvgIpc) is 1.89. The number of hydrogen-bond acceptors (Lipinski definition) is 2. The fourth-order valence-electron chi connectivity index (χ4n) is 0.797. The molecule has 0 atom stereocenters. The van der Waals surface area contributed by atoms with E-state index in [2.05, 4.69) is 13.8 Å². The summed E-state index contributed by atoms with van der Waals surface area (Å²) in [5.41, 5.74) is 5.47. The number of nitrogens with two attached hydrogens (primary N) is 1. The molecule has 4 heteroatoms. The van der Waals surface area contributed by atoms with Crippen LogP contribution in [0.25, 0.3) is 0 Å². The highest BCUT2D eigenvalue weighted by Gasteiger charge is 2.13. The van der Waals surface area contributed by atoms with Crippen molar-refractivity contribution in [2.45, 2.75) is 38.7 Å². The largest absolute Gasteiger partial charge is 0.423 e. The lowest BCUT2D eigenvalue weighted by atomic mass is 10.0. The normalized spacial score (nSPS) is 11.2. The van der Waals surface area contributed by atoms with Gasteiger partial charge in [-0.05, 0) is 50.6 Å². The molecule has 0 aromatic heterocycles. The Hall–Kier alpha value is 0.354. The average molecular weight is 193 g/mol. The monoisotopic (exact) mass is 193 g/mol. The van der Waals surface area contributed by atoms with Crippen molar-refractivity contribution < 1.29 is 4.43 Å². The first-order valence-corrected chi connectivity index (χ1v) is 4.69. The molecule has 0 aromatic carbocycles. The van der Waals surface area contributed by atoms with Gasteiger partial charge in [0.2, 0.25) is 0 Å². The third-order valence-electron chi connectivity index (χ3n) is 1.79. The molecule has 0 amide bonds. The van der Waals surface area contributed by atoms with E-state index in [1.165, 1.54) is 6.42 Å². The summed E-state index contributed by atoms with van der Waals surface area (Å²) in [5, 5.41) is 0. The van der Waals surface area contributed by atoms with Crippen LogP contribution in [-0.2, 0) is 4.43 Å². The van der Waals surface area contributed by atoms with Crippen molar-refractivity contribution in [3.8, 4) is 0 Å². The van der Waals surface area contributed by atoms with Crippen molar-refractivity contribution in [3.05, 3.63) is 0 Å². The molecule has 0 aliphatic heterocycles. The van der Waals surface area contributed by atoms with Crippen LogP contribution >= 0.6 is 0 Å². The molecule has 0 spiro atoms. The van der Waals surface area contributed by atoms with Crippen molar-refractivity contribution in [1.29, 1.82) is 0 Å². The van der Waals surface area contributed by atoms with Crippen LogP contribution in [0.5, 0.6) is 0 Å². The third kappa shape index (κ3) is 8.26. The second-order valence-electron chi connectivity index (χ2n) is 3.21. The summed E-state index contributed by atoms with van der Waals surface area (Å²) in [6.45, 7) is 5.07. The van der Waals surface area contributed by atoms with E-state index in [4.69, 9.17) is 10.2 Å². The molecule has 11 heavy (non-hydrogen) atoms. The van der Waals surface area contributed by atoms with Crippen molar-refractivity contribution in [2.24, 2.45) is 5.73 Å². The van der Waals surface area contributed by atoms with Crippen molar-refractivity contribution in [1.82, 2.24) is 0 Å². The fraction of sp³-hybridized carbons (Fsp3) is 1.00. The zero-order valence-electron chi connectivity index (χ0n) is 7.31. The van der Waals surface area contributed by atoms with Crippen LogP contribution in [0.2, 0.25) is 0 Å². The molecule has 0 aliphatic rings. The topological polar surface area (TPSA) is 35.2 Å². The van der Waals surface area contributed by atoms with Crippen molar-refractivity contribution >= 4 is 21.5 Å². The lowest BCUT2D eigenvalue weighted by Gasteiger charge is -2.23. The molecule has 0 saturated heterocycles. The smallest absolute Gasteiger partial charge is 0.146 e. The highest BCUT2D eigenvalue weighted by Crippen LogP contribution is 2.15. The summed E-state index contributed by atoms with van der Waals surface area (Å²) in [7, 11) is 0.834. The molecule has 2 nitrogen and oxygen atoms in total. The van der Waals surface area contributed by atoms with Gasteiger partial charge in [0, 0.05) is 5.60 Å². The molecule has 0 aromatic rings. The van der Waals surface area contributed by atoms with Gasteiger partial charge in [-0.3, -0.25) is 0 Å². The molecule has 0 saturated carbocycles. The van der Waals surface area contributed by atoms with E-state index in [1.807, 2.05) is 0 Å². The van der Waals surface area contributed by atoms with Gasteiger partial charge in [-0.15, -0.1) is 0 Å². The van der Waals surface area contributed by atoms with Gasteiger partial charge in [-0.1, -0.05) is 0 Å². The molecule has 70 valence electrons. The van der Waals surface area contributed by atoms with Crippen LogP contribution in [0.15, 0.2) is 0 Å². The maximum atomic E-state index is 5.38. The Morgan fingerprint density at radius 3 is 2.27 bits per heavy atom.